The quantitative estimate of drug-likeness (QED) is 0.849. The first kappa shape index (κ1) is 16.4. The molecule has 2 aromatic rings. The van der Waals surface area contributed by atoms with Gasteiger partial charge >= 0.3 is 0 Å². The van der Waals surface area contributed by atoms with Gasteiger partial charge in [0.05, 0.1) is 17.6 Å². The van der Waals surface area contributed by atoms with Crippen LogP contribution in [0, 0.1) is 5.82 Å². The van der Waals surface area contributed by atoms with Gasteiger partial charge in [0, 0.05) is 18.1 Å². The lowest BCUT2D eigenvalue weighted by atomic mass is 10.1. The number of ether oxygens (including phenoxy) is 1. The van der Waals surface area contributed by atoms with Gasteiger partial charge in [-0.2, -0.15) is 4.31 Å². The molecule has 23 heavy (non-hydrogen) atoms. The van der Waals surface area contributed by atoms with Gasteiger partial charge in [-0.25, -0.2) is 12.8 Å². The summed E-state index contributed by atoms with van der Waals surface area (Å²) in [6, 6.07) is 12.1. The molecular weight excluding hydrogens is 341 g/mol. The summed E-state index contributed by atoms with van der Waals surface area (Å²) in [5, 5.41) is 0.370. The molecule has 1 heterocycles. The van der Waals surface area contributed by atoms with E-state index in [1.54, 1.807) is 24.3 Å². The summed E-state index contributed by atoms with van der Waals surface area (Å²) >= 11 is 5.89. The standard InChI is InChI=1S/C16H15ClFNO3S/c17-13-2-1-3-15(10-13)23(20,21)19-8-9-22-16(11-19)12-4-6-14(18)7-5-12/h1-7,10,16H,8-9,11H2/t16-/m1/s1. The summed E-state index contributed by atoms with van der Waals surface area (Å²) in [4.78, 5) is 0.157. The van der Waals surface area contributed by atoms with E-state index in [2.05, 4.69) is 0 Å². The molecule has 7 heteroatoms. The number of morpholine rings is 1. The molecule has 0 N–H and O–H groups in total. The van der Waals surface area contributed by atoms with E-state index < -0.39 is 16.1 Å². The monoisotopic (exact) mass is 355 g/mol. The summed E-state index contributed by atoms with van der Waals surface area (Å²) in [5.41, 5.74) is 0.748. The van der Waals surface area contributed by atoms with E-state index in [0.717, 1.165) is 5.56 Å². The molecule has 122 valence electrons. The maximum atomic E-state index is 13.0. The van der Waals surface area contributed by atoms with Crippen LogP contribution in [0.5, 0.6) is 0 Å². The van der Waals surface area contributed by atoms with Crippen LogP contribution in [0.1, 0.15) is 11.7 Å². The van der Waals surface area contributed by atoms with Crippen LogP contribution in [0.15, 0.2) is 53.4 Å². The Morgan fingerprint density at radius 2 is 1.91 bits per heavy atom. The van der Waals surface area contributed by atoms with Gasteiger partial charge < -0.3 is 4.74 Å². The minimum absolute atomic E-state index is 0.157. The normalized spacial score (nSPS) is 19.7. The van der Waals surface area contributed by atoms with Gasteiger partial charge in [-0.3, -0.25) is 0 Å². The van der Waals surface area contributed by atoms with Crippen molar-refractivity contribution in [1.29, 1.82) is 0 Å². The van der Waals surface area contributed by atoms with Gasteiger partial charge in [0.25, 0.3) is 0 Å². The number of sulfonamides is 1. The van der Waals surface area contributed by atoms with E-state index in [1.807, 2.05) is 0 Å². The number of benzene rings is 2. The Labute approximate surface area is 139 Å². The maximum Gasteiger partial charge on any atom is 0.243 e. The molecule has 0 saturated carbocycles. The molecule has 0 spiro atoms. The second kappa shape index (κ2) is 6.57. The summed E-state index contributed by atoms with van der Waals surface area (Å²) in [6.45, 7) is 0.731. The fourth-order valence-corrected chi connectivity index (χ4v) is 4.23. The van der Waals surface area contributed by atoms with E-state index in [0.29, 0.717) is 5.02 Å². The zero-order chi connectivity index (χ0) is 16.4. The lowest BCUT2D eigenvalue weighted by Gasteiger charge is -2.32. The summed E-state index contributed by atoms with van der Waals surface area (Å²) < 4.78 is 45.5. The van der Waals surface area contributed by atoms with E-state index in [-0.39, 0.29) is 30.4 Å². The largest absolute Gasteiger partial charge is 0.371 e. The van der Waals surface area contributed by atoms with Gasteiger partial charge in [0.2, 0.25) is 10.0 Å². The summed E-state index contributed by atoms with van der Waals surface area (Å²) in [5.74, 6) is -0.340. The highest BCUT2D eigenvalue weighted by Gasteiger charge is 2.31. The van der Waals surface area contributed by atoms with Crippen LogP contribution < -0.4 is 0 Å². The predicted octanol–water partition coefficient (Wildman–Crippen LogP) is 3.24. The van der Waals surface area contributed by atoms with Crippen LogP contribution >= 0.6 is 11.6 Å². The second-order valence-corrected chi connectivity index (χ2v) is 7.61. The van der Waals surface area contributed by atoms with Crippen molar-refractivity contribution >= 4 is 21.6 Å². The number of rotatable bonds is 3. The molecule has 0 radical (unpaired) electrons. The maximum absolute atomic E-state index is 13.0. The number of halogens is 2. The Hall–Kier alpha value is -1.47. The molecule has 0 bridgehead atoms. The minimum Gasteiger partial charge on any atom is -0.371 e. The van der Waals surface area contributed by atoms with Crippen molar-refractivity contribution in [3.05, 3.63) is 64.9 Å². The van der Waals surface area contributed by atoms with Crippen molar-refractivity contribution in [3.8, 4) is 0 Å². The summed E-state index contributed by atoms with van der Waals surface area (Å²) in [7, 11) is -3.64. The lowest BCUT2D eigenvalue weighted by Crippen LogP contribution is -2.42. The van der Waals surface area contributed by atoms with Crippen LogP contribution in [-0.4, -0.2) is 32.4 Å². The van der Waals surface area contributed by atoms with Gasteiger partial charge in [-0.15, -0.1) is 0 Å². The topological polar surface area (TPSA) is 46.6 Å². The van der Waals surface area contributed by atoms with Crippen LogP contribution in [0.25, 0.3) is 0 Å². The minimum atomic E-state index is -3.64. The van der Waals surface area contributed by atoms with E-state index in [9.17, 15) is 12.8 Å². The first-order valence-electron chi connectivity index (χ1n) is 7.09. The fraction of sp³-hybridized carbons (Fsp3) is 0.250. The zero-order valence-corrected chi connectivity index (χ0v) is 13.7. The third-order valence-electron chi connectivity index (χ3n) is 3.70. The smallest absolute Gasteiger partial charge is 0.243 e. The average molecular weight is 356 g/mol. The molecule has 0 amide bonds. The molecular formula is C16H15ClFNO3S. The van der Waals surface area contributed by atoms with E-state index in [1.165, 1.54) is 28.6 Å². The molecule has 0 unspecified atom stereocenters. The van der Waals surface area contributed by atoms with Crippen LogP contribution in [0.3, 0.4) is 0 Å². The molecule has 1 aliphatic heterocycles. The van der Waals surface area contributed by atoms with E-state index >= 15 is 0 Å². The molecule has 2 aromatic carbocycles. The number of hydrogen-bond donors (Lipinski definition) is 0. The molecule has 1 aliphatic rings. The highest BCUT2D eigenvalue weighted by molar-refractivity contribution is 7.89. The van der Waals surface area contributed by atoms with Crippen LogP contribution in [0.2, 0.25) is 5.02 Å². The SMILES string of the molecule is O=S(=O)(c1cccc(Cl)c1)N1CCO[C@@H](c2ccc(F)cc2)C1. The van der Waals surface area contributed by atoms with Gasteiger partial charge in [-0.1, -0.05) is 29.8 Å². The van der Waals surface area contributed by atoms with Gasteiger partial charge in [-0.05, 0) is 35.9 Å². The van der Waals surface area contributed by atoms with Gasteiger partial charge in [0.15, 0.2) is 0 Å². The van der Waals surface area contributed by atoms with Crippen LogP contribution in [0.4, 0.5) is 4.39 Å². The van der Waals surface area contributed by atoms with Crippen molar-refractivity contribution in [3.63, 3.8) is 0 Å². The third kappa shape index (κ3) is 3.55. The first-order valence-corrected chi connectivity index (χ1v) is 8.91. The van der Waals surface area contributed by atoms with Crippen molar-refractivity contribution in [1.82, 2.24) is 4.31 Å². The molecule has 1 atom stereocenters. The Balaban J connectivity index is 1.84. The van der Waals surface area contributed by atoms with Crippen molar-refractivity contribution in [2.24, 2.45) is 0 Å². The van der Waals surface area contributed by atoms with Crippen molar-refractivity contribution in [2.75, 3.05) is 19.7 Å². The van der Waals surface area contributed by atoms with Gasteiger partial charge in [0.1, 0.15) is 5.82 Å². The Morgan fingerprint density at radius 1 is 1.17 bits per heavy atom. The fourth-order valence-electron chi connectivity index (χ4n) is 2.50. The predicted molar refractivity (Wildman–Crippen MR) is 85.3 cm³/mol. The highest BCUT2D eigenvalue weighted by atomic mass is 35.5. The Kier molecular flexibility index (Phi) is 4.68. The average Bonchev–Trinajstić information content (AvgIpc) is 2.56. The molecule has 3 rings (SSSR count). The number of hydrogen-bond acceptors (Lipinski definition) is 3. The zero-order valence-electron chi connectivity index (χ0n) is 12.2. The van der Waals surface area contributed by atoms with Crippen molar-refractivity contribution < 1.29 is 17.5 Å². The third-order valence-corrected chi connectivity index (χ3v) is 5.80. The first-order chi connectivity index (χ1) is 11.0. The Bertz CT molecular complexity index is 795. The van der Waals surface area contributed by atoms with Crippen LogP contribution in [-0.2, 0) is 14.8 Å². The molecule has 1 fully saturated rings. The lowest BCUT2D eigenvalue weighted by molar-refractivity contribution is -0.00258. The Morgan fingerprint density at radius 3 is 2.61 bits per heavy atom. The highest BCUT2D eigenvalue weighted by Crippen LogP contribution is 2.27. The molecule has 4 nitrogen and oxygen atoms in total. The second-order valence-electron chi connectivity index (χ2n) is 5.23. The number of nitrogens with zero attached hydrogens (tertiary/aromatic N) is 1. The molecule has 0 aliphatic carbocycles. The molecule has 1 saturated heterocycles. The molecule has 0 aromatic heterocycles. The van der Waals surface area contributed by atoms with Crippen molar-refractivity contribution in [2.45, 2.75) is 11.0 Å². The summed E-state index contributed by atoms with van der Waals surface area (Å²) in [6.07, 6.45) is -0.418. The van der Waals surface area contributed by atoms with E-state index in [4.69, 9.17) is 16.3 Å².